The summed E-state index contributed by atoms with van der Waals surface area (Å²) in [7, 11) is 0. The Bertz CT molecular complexity index is 1020. The normalized spacial score (nSPS) is 10.6. The van der Waals surface area contributed by atoms with E-state index in [1.807, 2.05) is 0 Å². The molecule has 132 valence electrons. The van der Waals surface area contributed by atoms with E-state index in [4.69, 9.17) is 0 Å². The standard InChI is InChI=1S/C18H12BrF2N3O2/c19-15-16(23-17(25)12-4-6-13(20)7-5-12)22-10-24(18(15)26)9-11-2-1-3-14(21)8-11/h1-8,10H,9H2,(H,23,25). The van der Waals surface area contributed by atoms with Crippen LogP contribution < -0.4 is 10.9 Å². The third-order valence-electron chi connectivity index (χ3n) is 3.56. The summed E-state index contributed by atoms with van der Waals surface area (Å²) in [6, 6.07) is 10.8. The molecule has 0 aliphatic carbocycles. The van der Waals surface area contributed by atoms with Crippen LogP contribution in [0.25, 0.3) is 0 Å². The van der Waals surface area contributed by atoms with Gasteiger partial charge in [-0.1, -0.05) is 12.1 Å². The van der Waals surface area contributed by atoms with Crippen molar-refractivity contribution in [3.8, 4) is 0 Å². The van der Waals surface area contributed by atoms with E-state index in [2.05, 4.69) is 26.2 Å². The van der Waals surface area contributed by atoms with Gasteiger partial charge in [0.05, 0.1) is 6.54 Å². The molecule has 0 bridgehead atoms. The molecule has 1 aromatic heterocycles. The minimum absolute atomic E-state index is 0.0415. The number of amides is 1. The fourth-order valence-electron chi connectivity index (χ4n) is 2.28. The van der Waals surface area contributed by atoms with Gasteiger partial charge in [-0.2, -0.15) is 0 Å². The number of carbonyl (C=O) groups is 1. The quantitative estimate of drug-likeness (QED) is 0.702. The molecule has 3 aromatic rings. The van der Waals surface area contributed by atoms with Crippen LogP contribution in [-0.2, 0) is 6.54 Å². The summed E-state index contributed by atoms with van der Waals surface area (Å²) in [5, 5.41) is 2.49. The predicted molar refractivity (Wildman–Crippen MR) is 96.1 cm³/mol. The maximum Gasteiger partial charge on any atom is 0.270 e. The van der Waals surface area contributed by atoms with Gasteiger partial charge in [0, 0.05) is 5.56 Å². The maximum atomic E-state index is 13.3. The van der Waals surface area contributed by atoms with E-state index in [9.17, 15) is 18.4 Å². The van der Waals surface area contributed by atoms with Crippen LogP contribution in [0.15, 0.2) is 64.1 Å². The van der Waals surface area contributed by atoms with Crippen molar-refractivity contribution in [3.05, 3.63) is 92.4 Å². The molecule has 1 N–H and O–H groups in total. The van der Waals surface area contributed by atoms with E-state index in [0.29, 0.717) is 5.56 Å². The van der Waals surface area contributed by atoms with Crippen LogP contribution in [0, 0.1) is 11.6 Å². The molecule has 1 amide bonds. The topological polar surface area (TPSA) is 64.0 Å². The van der Waals surface area contributed by atoms with Crippen molar-refractivity contribution in [2.45, 2.75) is 6.54 Å². The summed E-state index contributed by atoms with van der Waals surface area (Å²) in [5.41, 5.74) is 0.395. The first-order chi connectivity index (χ1) is 12.4. The highest BCUT2D eigenvalue weighted by atomic mass is 79.9. The number of rotatable bonds is 4. The number of aromatic nitrogens is 2. The van der Waals surface area contributed by atoms with Crippen molar-refractivity contribution in [3.63, 3.8) is 0 Å². The molecule has 26 heavy (non-hydrogen) atoms. The van der Waals surface area contributed by atoms with Crippen molar-refractivity contribution in [1.29, 1.82) is 0 Å². The van der Waals surface area contributed by atoms with Crippen molar-refractivity contribution >= 4 is 27.7 Å². The number of nitrogens with zero attached hydrogens (tertiary/aromatic N) is 2. The molecule has 0 unspecified atom stereocenters. The number of halogens is 3. The van der Waals surface area contributed by atoms with Crippen LogP contribution in [0.3, 0.4) is 0 Å². The molecule has 3 rings (SSSR count). The number of carbonyl (C=O) groups excluding carboxylic acids is 1. The Balaban J connectivity index is 1.82. The van der Waals surface area contributed by atoms with Gasteiger partial charge < -0.3 is 5.32 Å². The molecule has 8 heteroatoms. The molecular weight excluding hydrogens is 408 g/mol. The van der Waals surface area contributed by atoms with E-state index >= 15 is 0 Å². The van der Waals surface area contributed by atoms with Crippen LogP contribution in [-0.4, -0.2) is 15.5 Å². The number of benzene rings is 2. The summed E-state index contributed by atoms with van der Waals surface area (Å²) in [6.45, 7) is 0.133. The average molecular weight is 420 g/mol. The summed E-state index contributed by atoms with van der Waals surface area (Å²) in [4.78, 5) is 28.6. The number of hydrogen-bond donors (Lipinski definition) is 1. The summed E-state index contributed by atoms with van der Waals surface area (Å²) < 4.78 is 27.5. The van der Waals surface area contributed by atoms with Gasteiger partial charge in [0.1, 0.15) is 22.4 Å². The van der Waals surface area contributed by atoms with E-state index in [1.54, 1.807) is 12.1 Å². The molecule has 0 saturated heterocycles. The van der Waals surface area contributed by atoms with Crippen LogP contribution in [0.1, 0.15) is 15.9 Å². The van der Waals surface area contributed by atoms with E-state index < -0.39 is 23.1 Å². The highest BCUT2D eigenvalue weighted by molar-refractivity contribution is 9.10. The Kier molecular flexibility index (Phi) is 5.22. The lowest BCUT2D eigenvalue weighted by Gasteiger charge is -2.10. The molecule has 0 saturated carbocycles. The highest BCUT2D eigenvalue weighted by Crippen LogP contribution is 2.16. The van der Waals surface area contributed by atoms with Crippen molar-refractivity contribution in [2.75, 3.05) is 5.32 Å². The Morgan fingerprint density at radius 3 is 2.54 bits per heavy atom. The zero-order valence-corrected chi connectivity index (χ0v) is 14.8. The second kappa shape index (κ2) is 7.57. The third-order valence-corrected chi connectivity index (χ3v) is 4.28. The van der Waals surface area contributed by atoms with Gasteiger partial charge in [0.15, 0.2) is 5.82 Å². The number of hydrogen-bond acceptors (Lipinski definition) is 3. The van der Waals surface area contributed by atoms with Crippen LogP contribution in [0.4, 0.5) is 14.6 Å². The first-order valence-corrected chi connectivity index (χ1v) is 8.29. The van der Waals surface area contributed by atoms with Crippen LogP contribution in [0.5, 0.6) is 0 Å². The molecule has 0 atom stereocenters. The molecule has 0 spiro atoms. The Morgan fingerprint density at radius 2 is 1.85 bits per heavy atom. The molecule has 0 aliphatic rings. The fraction of sp³-hybridized carbons (Fsp3) is 0.0556. The Hall–Kier alpha value is -2.87. The predicted octanol–water partition coefficient (Wildman–Crippen LogP) is 3.58. The zero-order chi connectivity index (χ0) is 18.7. The lowest BCUT2D eigenvalue weighted by molar-refractivity contribution is 0.102. The highest BCUT2D eigenvalue weighted by Gasteiger charge is 2.14. The lowest BCUT2D eigenvalue weighted by Crippen LogP contribution is -2.24. The SMILES string of the molecule is O=C(Nc1ncn(Cc2cccc(F)c2)c(=O)c1Br)c1ccc(F)cc1. The first kappa shape index (κ1) is 17.9. The minimum atomic E-state index is -0.527. The maximum absolute atomic E-state index is 13.3. The van der Waals surface area contributed by atoms with Crippen LogP contribution >= 0.6 is 15.9 Å². The van der Waals surface area contributed by atoms with Crippen molar-refractivity contribution < 1.29 is 13.6 Å². The smallest absolute Gasteiger partial charge is 0.270 e. The van der Waals surface area contributed by atoms with Crippen LogP contribution in [0.2, 0.25) is 0 Å². The second-order valence-corrected chi connectivity index (χ2v) is 6.22. The second-order valence-electron chi connectivity index (χ2n) is 5.43. The van der Waals surface area contributed by atoms with Gasteiger partial charge in [-0.05, 0) is 57.9 Å². The third kappa shape index (κ3) is 4.02. The summed E-state index contributed by atoms with van der Waals surface area (Å²) >= 11 is 3.13. The Labute approximate surface area is 155 Å². The van der Waals surface area contributed by atoms with E-state index in [-0.39, 0.29) is 22.4 Å². The fourth-order valence-corrected chi connectivity index (χ4v) is 2.71. The average Bonchev–Trinajstić information content (AvgIpc) is 2.62. The molecule has 2 aromatic carbocycles. The molecule has 5 nitrogen and oxygen atoms in total. The van der Waals surface area contributed by atoms with E-state index in [0.717, 1.165) is 12.1 Å². The van der Waals surface area contributed by atoms with Gasteiger partial charge >= 0.3 is 0 Å². The molecule has 0 aliphatic heterocycles. The van der Waals surface area contributed by atoms with Gasteiger partial charge in [-0.3, -0.25) is 14.2 Å². The van der Waals surface area contributed by atoms with Gasteiger partial charge in [-0.15, -0.1) is 0 Å². The summed E-state index contributed by atoms with van der Waals surface area (Å²) in [6.07, 6.45) is 1.26. The van der Waals surface area contributed by atoms with Gasteiger partial charge in [0.2, 0.25) is 0 Å². The number of anilines is 1. The number of nitrogens with one attached hydrogen (secondary N) is 1. The van der Waals surface area contributed by atoms with Gasteiger partial charge in [0.25, 0.3) is 11.5 Å². The minimum Gasteiger partial charge on any atom is -0.305 e. The largest absolute Gasteiger partial charge is 0.305 e. The van der Waals surface area contributed by atoms with Crippen molar-refractivity contribution in [1.82, 2.24) is 9.55 Å². The molecule has 0 radical (unpaired) electrons. The monoisotopic (exact) mass is 419 g/mol. The summed E-state index contributed by atoms with van der Waals surface area (Å²) in [5.74, 6) is -1.34. The van der Waals surface area contributed by atoms with E-state index in [1.165, 1.54) is 35.2 Å². The van der Waals surface area contributed by atoms with Gasteiger partial charge in [-0.25, -0.2) is 13.8 Å². The molecular formula is C18H12BrF2N3O2. The lowest BCUT2D eigenvalue weighted by atomic mass is 10.2. The Morgan fingerprint density at radius 1 is 1.12 bits per heavy atom. The van der Waals surface area contributed by atoms with Crippen molar-refractivity contribution in [2.24, 2.45) is 0 Å². The zero-order valence-electron chi connectivity index (χ0n) is 13.2. The molecule has 1 heterocycles. The molecule has 0 fully saturated rings. The first-order valence-electron chi connectivity index (χ1n) is 7.50.